The Morgan fingerprint density at radius 3 is 2.53 bits per heavy atom. The van der Waals surface area contributed by atoms with E-state index >= 15 is 0 Å². The lowest BCUT2D eigenvalue weighted by atomic mass is 9.93. The molecule has 196 valence electrons. The molecule has 0 spiro atoms. The number of carbonyl (C=O) groups is 1. The van der Waals surface area contributed by atoms with E-state index < -0.39 is 0 Å². The molecule has 0 bridgehead atoms. The van der Waals surface area contributed by atoms with Crippen LogP contribution in [0.1, 0.15) is 74.2 Å². The van der Waals surface area contributed by atoms with Crippen molar-refractivity contribution in [2.45, 2.75) is 82.9 Å². The molecule has 0 radical (unpaired) electrons. The van der Waals surface area contributed by atoms with Gasteiger partial charge in [0.25, 0.3) is 5.91 Å². The number of piperidine rings is 1. The van der Waals surface area contributed by atoms with E-state index in [4.69, 9.17) is 0 Å². The highest BCUT2D eigenvalue weighted by molar-refractivity contribution is 5.98. The lowest BCUT2D eigenvalue weighted by Crippen LogP contribution is -2.45. The van der Waals surface area contributed by atoms with Crippen molar-refractivity contribution in [2.24, 2.45) is 0 Å². The summed E-state index contributed by atoms with van der Waals surface area (Å²) in [6.45, 7) is 5.98. The summed E-state index contributed by atoms with van der Waals surface area (Å²) in [7, 11) is 0. The first kappa shape index (κ1) is 26.4. The number of nitrogens with one attached hydrogen (secondary N) is 3. The normalized spacial score (nSPS) is 21.2. The minimum atomic E-state index is -0.221. The smallest absolute Gasteiger partial charge is 0.256 e. The van der Waals surface area contributed by atoms with Crippen LogP contribution in [0.2, 0.25) is 0 Å². The largest absolute Gasteiger partial charge is 0.393 e. The molecule has 1 aliphatic carbocycles. The predicted octanol–water partition coefficient (Wildman–Crippen LogP) is 3.84. The third-order valence-corrected chi connectivity index (χ3v) is 7.37. The molecule has 4 N–H and O–H groups in total. The van der Waals surface area contributed by atoms with Crippen LogP contribution in [0.5, 0.6) is 0 Å². The summed E-state index contributed by atoms with van der Waals surface area (Å²) in [5, 5.41) is 19.9. The number of benzene rings is 1. The van der Waals surface area contributed by atoms with Crippen molar-refractivity contribution in [1.29, 1.82) is 0 Å². The molecular formula is C28H42N6O2. The van der Waals surface area contributed by atoms with Gasteiger partial charge in [0.1, 0.15) is 11.4 Å². The Morgan fingerprint density at radius 1 is 1.06 bits per heavy atom. The number of aliphatic hydroxyl groups excluding tert-OH is 1. The number of anilines is 2. The first-order valence-corrected chi connectivity index (χ1v) is 13.7. The molecule has 4 rings (SSSR count). The number of rotatable bonds is 11. The minimum absolute atomic E-state index is 0.115. The zero-order valence-corrected chi connectivity index (χ0v) is 21.6. The van der Waals surface area contributed by atoms with Crippen molar-refractivity contribution in [3.05, 3.63) is 47.7 Å². The summed E-state index contributed by atoms with van der Waals surface area (Å²) in [6.07, 6.45) is 9.78. The summed E-state index contributed by atoms with van der Waals surface area (Å²) in [6, 6.07) is 11.0. The van der Waals surface area contributed by atoms with E-state index in [2.05, 4.69) is 68.1 Å². The molecule has 36 heavy (non-hydrogen) atoms. The second-order valence-electron chi connectivity index (χ2n) is 10.2. The zero-order valence-electron chi connectivity index (χ0n) is 21.6. The van der Waals surface area contributed by atoms with E-state index in [0.29, 0.717) is 17.3 Å². The average Bonchev–Trinajstić information content (AvgIpc) is 2.90. The molecule has 2 fully saturated rings. The van der Waals surface area contributed by atoms with Crippen LogP contribution in [0.3, 0.4) is 0 Å². The van der Waals surface area contributed by atoms with E-state index in [-0.39, 0.29) is 24.1 Å². The van der Waals surface area contributed by atoms with Crippen LogP contribution in [0.4, 0.5) is 11.8 Å². The number of hydrogen-bond donors (Lipinski definition) is 4. The molecule has 1 aliphatic heterocycles. The molecule has 1 aromatic carbocycles. The van der Waals surface area contributed by atoms with Gasteiger partial charge in [-0.2, -0.15) is 4.98 Å². The maximum Gasteiger partial charge on any atom is 0.256 e. The fourth-order valence-corrected chi connectivity index (χ4v) is 5.03. The highest BCUT2D eigenvalue weighted by atomic mass is 16.3. The number of nitrogens with zero attached hydrogens (tertiary/aromatic N) is 3. The van der Waals surface area contributed by atoms with E-state index in [1.165, 1.54) is 5.56 Å². The molecule has 2 aliphatic rings. The number of aromatic nitrogens is 2. The fraction of sp³-hybridized carbons (Fsp3) is 0.607. The van der Waals surface area contributed by atoms with Gasteiger partial charge in [-0.15, -0.1) is 0 Å². The summed E-state index contributed by atoms with van der Waals surface area (Å²) in [5.74, 6) is 1.02. The van der Waals surface area contributed by atoms with Crippen molar-refractivity contribution < 1.29 is 9.90 Å². The van der Waals surface area contributed by atoms with Gasteiger partial charge < -0.3 is 26.0 Å². The van der Waals surface area contributed by atoms with Crippen LogP contribution in [0, 0.1) is 0 Å². The van der Waals surface area contributed by atoms with Crippen LogP contribution >= 0.6 is 0 Å². The van der Waals surface area contributed by atoms with Gasteiger partial charge in [-0.3, -0.25) is 4.79 Å². The molecule has 0 unspecified atom stereocenters. The lowest BCUT2D eigenvalue weighted by Gasteiger charge is -2.32. The molecule has 8 nitrogen and oxygen atoms in total. The number of aliphatic hydroxyl groups is 1. The number of hydrogen-bond acceptors (Lipinski definition) is 7. The Kier molecular flexibility index (Phi) is 9.93. The lowest BCUT2D eigenvalue weighted by molar-refractivity contribution is 0.0911. The van der Waals surface area contributed by atoms with Gasteiger partial charge in [-0.25, -0.2) is 4.98 Å². The molecule has 1 saturated carbocycles. The van der Waals surface area contributed by atoms with Crippen LogP contribution < -0.4 is 16.0 Å². The van der Waals surface area contributed by atoms with Gasteiger partial charge in [0.15, 0.2) is 0 Å². The van der Waals surface area contributed by atoms with E-state index in [0.717, 1.165) is 84.0 Å². The highest BCUT2D eigenvalue weighted by Crippen LogP contribution is 2.24. The molecule has 2 aromatic rings. The maximum absolute atomic E-state index is 13.3. The van der Waals surface area contributed by atoms with Crippen molar-refractivity contribution in [3.63, 3.8) is 0 Å². The highest BCUT2D eigenvalue weighted by Gasteiger charge is 2.25. The quantitative estimate of drug-likeness (QED) is 0.352. The van der Waals surface area contributed by atoms with Crippen molar-refractivity contribution in [3.8, 4) is 0 Å². The summed E-state index contributed by atoms with van der Waals surface area (Å²) in [5.41, 5.74) is 1.86. The van der Waals surface area contributed by atoms with E-state index in [1.807, 2.05) is 0 Å². The SMILES string of the molecule is CCCCNc1ncc(C(=O)NC2CCN(CCc3ccccc3)CC2)c(NC2CCC(O)CC2)n1. The molecule has 1 saturated heterocycles. The number of amides is 1. The number of carbonyl (C=O) groups excluding carboxylic acids is 1. The van der Waals surface area contributed by atoms with Crippen LogP contribution in [0.25, 0.3) is 0 Å². The standard InChI is InChI=1S/C28H42N6O2/c1-2-3-16-29-28-30-20-25(26(33-28)31-22-9-11-24(35)12-10-22)27(36)32-23-14-18-34(19-15-23)17-13-21-7-5-4-6-8-21/h4-8,20,22-24,35H,2-3,9-19H2,1H3,(H,32,36)(H2,29,30,31,33). The fourth-order valence-electron chi connectivity index (χ4n) is 5.03. The summed E-state index contributed by atoms with van der Waals surface area (Å²) >= 11 is 0. The summed E-state index contributed by atoms with van der Waals surface area (Å²) < 4.78 is 0. The van der Waals surface area contributed by atoms with Gasteiger partial charge in [-0.05, 0) is 56.9 Å². The van der Waals surface area contributed by atoms with Crippen molar-refractivity contribution in [2.75, 3.05) is 36.8 Å². The Balaban J connectivity index is 1.33. The first-order valence-electron chi connectivity index (χ1n) is 13.7. The van der Waals surface area contributed by atoms with Crippen LogP contribution in [-0.2, 0) is 6.42 Å². The topological polar surface area (TPSA) is 102 Å². The minimum Gasteiger partial charge on any atom is -0.393 e. The van der Waals surface area contributed by atoms with Gasteiger partial charge in [0.05, 0.1) is 6.10 Å². The summed E-state index contributed by atoms with van der Waals surface area (Å²) in [4.78, 5) is 24.9. The second-order valence-corrected chi connectivity index (χ2v) is 10.2. The Bertz CT molecular complexity index is 940. The van der Waals surface area contributed by atoms with Crippen molar-refractivity contribution in [1.82, 2.24) is 20.2 Å². The molecular weight excluding hydrogens is 452 g/mol. The zero-order chi connectivity index (χ0) is 25.2. The van der Waals surface area contributed by atoms with E-state index in [9.17, 15) is 9.90 Å². The second kappa shape index (κ2) is 13.6. The first-order chi connectivity index (χ1) is 17.6. The van der Waals surface area contributed by atoms with Gasteiger partial charge in [0.2, 0.25) is 5.95 Å². The van der Waals surface area contributed by atoms with Gasteiger partial charge in [-0.1, -0.05) is 43.7 Å². The Labute approximate surface area is 215 Å². The molecule has 0 atom stereocenters. The van der Waals surface area contributed by atoms with Crippen molar-refractivity contribution >= 4 is 17.7 Å². The monoisotopic (exact) mass is 494 g/mol. The molecule has 1 aromatic heterocycles. The number of unbranched alkanes of at least 4 members (excludes halogenated alkanes) is 1. The predicted molar refractivity (Wildman–Crippen MR) is 144 cm³/mol. The van der Waals surface area contributed by atoms with E-state index in [1.54, 1.807) is 6.20 Å². The maximum atomic E-state index is 13.3. The molecule has 1 amide bonds. The van der Waals surface area contributed by atoms with Gasteiger partial charge in [0, 0.05) is 44.5 Å². The van der Waals surface area contributed by atoms with Gasteiger partial charge >= 0.3 is 0 Å². The molecule has 8 heteroatoms. The Hall–Kier alpha value is -2.71. The third kappa shape index (κ3) is 7.90. The number of likely N-dealkylation sites (tertiary alicyclic amines) is 1. The average molecular weight is 495 g/mol. The third-order valence-electron chi connectivity index (χ3n) is 7.37. The van der Waals surface area contributed by atoms with Crippen LogP contribution in [-0.4, -0.2) is 70.2 Å². The molecule has 2 heterocycles. The Morgan fingerprint density at radius 2 is 1.81 bits per heavy atom. The van der Waals surface area contributed by atoms with Crippen LogP contribution in [0.15, 0.2) is 36.5 Å².